The molecule has 0 bridgehead atoms. The average molecular weight is 449 g/mol. The number of H-pyrrole nitrogens is 1. The highest BCUT2D eigenvalue weighted by molar-refractivity contribution is 7.09. The molecule has 0 saturated carbocycles. The lowest BCUT2D eigenvalue weighted by atomic mass is 10.0. The van der Waals surface area contributed by atoms with Crippen molar-refractivity contribution in [3.05, 3.63) is 63.9 Å². The van der Waals surface area contributed by atoms with Crippen LogP contribution in [-0.2, 0) is 16.0 Å². The molecule has 8 nitrogen and oxygen atoms in total. The molecule has 4 heterocycles. The number of ether oxygens (including phenoxy) is 1. The van der Waals surface area contributed by atoms with Crippen LogP contribution in [0.3, 0.4) is 0 Å². The van der Waals surface area contributed by atoms with Gasteiger partial charge in [0.05, 0.1) is 22.9 Å². The highest BCUT2D eigenvalue weighted by atomic mass is 32.1. The number of rotatable bonds is 4. The molecule has 0 saturated heterocycles. The van der Waals surface area contributed by atoms with Gasteiger partial charge in [-0.05, 0) is 31.9 Å². The second-order valence-corrected chi connectivity index (χ2v) is 8.43. The summed E-state index contributed by atoms with van der Waals surface area (Å²) in [5.74, 6) is -0.416. The highest BCUT2D eigenvalue weighted by Crippen LogP contribution is 2.32. The van der Waals surface area contributed by atoms with E-state index < -0.39 is 5.97 Å². The molecule has 1 N–H and O–H groups in total. The molecule has 9 heteroatoms. The summed E-state index contributed by atoms with van der Waals surface area (Å²) in [4.78, 5) is 35.2. The molecule has 162 valence electrons. The number of fused-ring (bicyclic) bond motifs is 3. The summed E-state index contributed by atoms with van der Waals surface area (Å²) in [5, 5.41) is 7.72. The van der Waals surface area contributed by atoms with Gasteiger partial charge in [0.1, 0.15) is 5.69 Å². The minimum atomic E-state index is -0.487. The summed E-state index contributed by atoms with van der Waals surface area (Å²) in [6, 6.07) is 9.44. The van der Waals surface area contributed by atoms with Gasteiger partial charge in [-0.1, -0.05) is 23.4 Å². The number of para-hydroxylation sites is 1. The second-order valence-electron chi connectivity index (χ2n) is 7.36. The molecule has 5 rings (SSSR count). The molecule has 4 aromatic rings. The first-order valence-electron chi connectivity index (χ1n) is 10.2. The van der Waals surface area contributed by atoms with Gasteiger partial charge in [-0.25, -0.2) is 9.78 Å². The lowest BCUT2D eigenvalue weighted by molar-refractivity contribution is -0.136. The maximum Gasteiger partial charge on any atom is 0.341 e. The smallest absolute Gasteiger partial charge is 0.341 e. The van der Waals surface area contributed by atoms with Crippen LogP contribution in [0.15, 0.2) is 46.4 Å². The molecule has 1 amide bonds. The predicted molar refractivity (Wildman–Crippen MR) is 120 cm³/mol. The molecule has 1 aromatic carbocycles. The van der Waals surface area contributed by atoms with E-state index in [4.69, 9.17) is 9.26 Å². The highest BCUT2D eigenvalue weighted by Gasteiger charge is 2.29. The fraction of sp³-hybridized carbons (Fsp3) is 0.217. The van der Waals surface area contributed by atoms with E-state index in [-0.39, 0.29) is 18.2 Å². The number of aromatic nitrogens is 3. The zero-order chi connectivity index (χ0) is 22.2. The Morgan fingerprint density at radius 3 is 2.94 bits per heavy atom. The van der Waals surface area contributed by atoms with Gasteiger partial charge in [0, 0.05) is 35.1 Å². The van der Waals surface area contributed by atoms with Crippen LogP contribution >= 0.6 is 11.3 Å². The van der Waals surface area contributed by atoms with Crippen LogP contribution in [0.25, 0.3) is 27.9 Å². The first-order valence-corrected chi connectivity index (χ1v) is 11.1. The number of esters is 1. The number of hydrogen-bond acceptors (Lipinski definition) is 7. The maximum absolute atomic E-state index is 13.2. The third kappa shape index (κ3) is 3.50. The number of amides is 1. The fourth-order valence-corrected chi connectivity index (χ4v) is 4.45. The summed E-state index contributed by atoms with van der Waals surface area (Å²) in [6.45, 7) is 4.27. The van der Waals surface area contributed by atoms with Gasteiger partial charge < -0.3 is 19.1 Å². The van der Waals surface area contributed by atoms with Gasteiger partial charge in [-0.3, -0.25) is 4.79 Å². The Labute approximate surface area is 187 Å². The summed E-state index contributed by atoms with van der Waals surface area (Å²) >= 11 is 1.49. The summed E-state index contributed by atoms with van der Waals surface area (Å²) < 4.78 is 10.6. The van der Waals surface area contributed by atoms with E-state index in [1.54, 1.807) is 19.2 Å². The molecule has 3 aromatic heterocycles. The van der Waals surface area contributed by atoms with Crippen LogP contribution < -0.4 is 0 Å². The van der Waals surface area contributed by atoms with Crippen LogP contribution in [0.2, 0.25) is 0 Å². The molecular weight excluding hydrogens is 428 g/mol. The Balaban J connectivity index is 1.52. The van der Waals surface area contributed by atoms with Crippen molar-refractivity contribution in [2.45, 2.75) is 20.3 Å². The number of carbonyl (C=O) groups is 2. The lowest BCUT2D eigenvalue weighted by Crippen LogP contribution is -2.28. The third-order valence-electron chi connectivity index (χ3n) is 5.33. The SMILES string of the molecule is CCOC(=O)C1=CN(C(=O)c2cc(-c3csc(C)n3)on2)CCc2c1[nH]c1ccccc21. The van der Waals surface area contributed by atoms with Gasteiger partial charge in [0.25, 0.3) is 5.91 Å². The number of benzene rings is 1. The lowest BCUT2D eigenvalue weighted by Gasteiger charge is -2.16. The molecule has 0 spiro atoms. The van der Waals surface area contributed by atoms with Crippen LogP contribution in [0.4, 0.5) is 0 Å². The van der Waals surface area contributed by atoms with E-state index in [9.17, 15) is 9.59 Å². The molecule has 0 fully saturated rings. The molecule has 0 aliphatic carbocycles. The van der Waals surface area contributed by atoms with Crippen LogP contribution in [0, 0.1) is 6.92 Å². The Morgan fingerprint density at radius 1 is 1.31 bits per heavy atom. The molecule has 0 unspecified atom stereocenters. The summed E-state index contributed by atoms with van der Waals surface area (Å²) in [7, 11) is 0. The van der Waals surface area contributed by atoms with Crippen LogP contribution in [0.5, 0.6) is 0 Å². The fourth-order valence-electron chi connectivity index (χ4n) is 3.85. The largest absolute Gasteiger partial charge is 0.462 e. The van der Waals surface area contributed by atoms with Crippen molar-refractivity contribution in [2.75, 3.05) is 13.2 Å². The Bertz CT molecular complexity index is 1360. The zero-order valence-corrected chi connectivity index (χ0v) is 18.4. The minimum Gasteiger partial charge on any atom is -0.462 e. The van der Waals surface area contributed by atoms with Gasteiger partial charge >= 0.3 is 5.97 Å². The quantitative estimate of drug-likeness (QED) is 0.470. The number of aromatic amines is 1. The monoisotopic (exact) mass is 448 g/mol. The zero-order valence-electron chi connectivity index (χ0n) is 17.5. The molecule has 32 heavy (non-hydrogen) atoms. The van der Waals surface area contributed by atoms with Gasteiger partial charge in [0.2, 0.25) is 0 Å². The predicted octanol–water partition coefficient (Wildman–Crippen LogP) is 4.19. The number of thiazole rings is 1. The molecule has 1 aliphatic rings. The van der Waals surface area contributed by atoms with Gasteiger partial charge in [-0.2, -0.15) is 0 Å². The molecule has 0 atom stereocenters. The third-order valence-corrected chi connectivity index (χ3v) is 6.10. The second kappa shape index (κ2) is 8.08. The maximum atomic E-state index is 13.2. The van der Waals surface area contributed by atoms with E-state index >= 15 is 0 Å². The van der Waals surface area contributed by atoms with Gasteiger partial charge in [-0.15, -0.1) is 11.3 Å². The van der Waals surface area contributed by atoms with Crippen molar-refractivity contribution < 1.29 is 18.8 Å². The number of nitrogens with one attached hydrogen (secondary N) is 1. The average Bonchev–Trinajstić information content (AvgIpc) is 3.49. The van der Waals surface area contributed by atoms with Crippen molar-refractivity contribution in [2.24, 2.45) is 0 Å². The summed E-state index contributed by atoms with van der Waals surface area (Å²) in [5.41, 5.74) is 3.70. The topological polar surface area (TPSA) is 101 Å². The normalized spacial score (nSPS) is 13.6. The first kappa shape index (κ1) is 20.2. The number of carbonyl (C=O) groups excluding carboxylic acids is 2. The van der Waals surface area contributed by atoms with Crippen LogP contribution in [0.1, 0.15) is 33.7 Å². The van der Waals surface area contributed by atoms with E-state index in [2.05, 4.69) is 15.1 Å². The number of aryl methyl sites for hydroxylation is 1. The van der Waals surface area contributed by atoms with E-state index in [1.807, 2.05) is 36.6 Å². The Morgan fingerprint density at radius 2 is 2.16 bits per heavy atom. The van der Waals surface area contributed by atoms with E-state index in [0.717, 1.165) is 21.5 Å². The molecule has 1 aliphatic heterocycles. The standard InChI is InChI=1S/C23H20N4O4S/c1-3-30-23(29)16-11-27(9-8-15-14-6-4-5-7-17(14)25-21(15)16)22(28)18-10-20(31-26-18)19-12-32-13(2)24-19/h4-7,10-12,25H,3,8-9H2,1-2H3. The number of nitrogens with zero attached hydrogens (tertiary/aromatic N) is 3. The minimum absolute atomic E-state index is 0.153. The Kier molecular flexibility index (Phi) is 5.10. The van der Waals surface area contributed by atoms with Crippen molar-refractivity contribution >= 4 is 39.7 Å². The van der Waals surface area contributed by atoms with Crippen molar-refractivity contribution in [3.8, 4) is 11.5 Å². The van der Waals surface area contributed by atoms with E-state index in [1.165, 1.54) is 16.2 Å². The molecular formula is C23H20N4O4S. The first-order chi connectivity index (χ1) is 15.5. The number of hydrogen-bond donors (Lipinski definition) is 1. The van der Waals surface area contributed by atoms with E-state index in [0.29, 0.717) is 35.7 Å². The van der Waals surface area contributed by atoms with Crippen molar-refractivity contribution in [1.29, 1.82) is 0 Å². The van der Waals surface area contributed by atoms with Crippen molar-refractivity contribution in [3.63, 3.8) is 0 Å². The van der Waals surface area contributed by atoms with Gasteiger partial charge in [0.15, 0.2) is 11.5 Å². The van der Waals surface area contributed by atoms with Crippen molar-refractivity contribution in [1.82, 2.24) is 20.0 Å². The molecule has 0 radical (unpaired) electrons. The van der Waals surface area contributed by atoms with Crippen LogP contribution in [-0.4, -0.2) is 45.1 Å². The summed E-state index contributed by atoms with van der Waals surface area (Å²) in [6.07, 6.45) is 2.11. The Hall–Kier alpha value is -3.72.